The number of nitrogens with zero attached hydrogens (tertiary/aromatic N) is 3. The quantitative estimate of drug-likeness (QED) is 0.473. The minimum absolute atomic E-state index is 0.131. The van der Waals surface area contributed by atoms with Gasteiger partial charge in [0.2, 0.25) is 5.91 Å². The molecule has 0 spiro atoms. The minimum atomic E-state index is -0.298. The molecule has 2 N–H and O–H groups in total. The summed E-state index contributed by atoms with van der Waals surface area (Å²) in [6.45, 7) is 4.66. The summed E-state index contributed by atoms with van der Waals surface area (Å²) in [6, 6.07) is 9.54. The number of amides is 4. The van der Waals surface area contributed by atoms with E-state index < -0.39 is 0 Å². The van der Waals surface area contributed by atoms with Gasteiger partial charge < -0.3 is 15.5 Å². The molecule has 4 heterocycles. The van der Waals surface area contributed by atoms with Crippen LogP contribution in [0, 0.1) is 0 Å². The molecule has 0 unspecified atom stereocenters. The predicted molar refractivity (Wildman–Crippen MR) is 141 cm³/mol. The third-order valence-electron chi connectivity index (χ3n) is 7.40. The Morgan fingerprint density at radius 1 is 1.19 bits per heavy atom. The molecule has 0 bridgehead atoms. The zero-order valence-electron chi connectivity index (χ0n) is 19.8. The Balaban J connectivity index is 1.32. The second kappa shape index (κ2) is 9.05. The first-order chi connectivity index (χ1) is 17.5. The molecule has 4 amide bonds. The summed E-state index contributed by atoms with van der Waals surface area (Å²) in [5.74, 6) is 0.158. The second-order valence-electron chi connectivity index (χ2n) is 9.61. The maximum absolute atomic E-state index is 13.4. The zero-order chi connectivity index (χ0) is 24.8. The van der Waals surface area contributed by atoms with E-state index in [2.05, 4.69) is 34.3 Å². The summed E-state index contributed by atoms with van der Waals surface area (Å²) in [6.07, 6.45) is 8.19. The van der Waals surface area contributed by atoms with E-state index in [-0.39, 0.29) is 23.9 Å². The van der Waals surface area contributed by atoms with E-state index in [1.165, 1.54) is 42.2 Å². The molecule has 3 aromatic rings. The number of anilines is 3. The van der Waals surface area contributed by atoms with Gasteiger partial charge in [0, 0.05) is 25.3 Å². The largest absolute Gasteiger partial charge is 0.347 e. The van der Waals surface area contributed by atoms with Crippen LogP contribution in [0.3, 0.4) is 0 Å². The fourth-order valence-corrected chi connectivity index (χ4v) is 6.36. The van der Waals surface area contributed by atoms with Crippen molar-refractivity contribution in [3.05, 3.63) is 59.6 Å². The number of likely N-dealkylation sites (tertiary alicyclic amines) is 1. The van der Waals surface area contributed by atoms with Crippen LogP contribution in [0.1, 0.15) is 53.3 Å². The van der Waals surface area contributed by atoms with Gasteiger partial charge in [0.05, 0.1) is 22.4 Å². The first kappa shape index (κ1) is 22.7. The summed E-state index contributed by atoms with van der Waals surface area (Å²) in [5, 5.41) is 6.81. The van der Waals surface area contributed by atoms with Gasteiger partial charge in [-0.3, -0.25) is 14.5 Å². The van der Waals surface area contributed by atoms with Crippen molar-refractivity contribution in [1.29, 1.82) is 0 Å². The zero-order valence-corrected chi connectivity index (χ0v) is 20.6. The van der Waals surface area contributed by atoms with Crippen LogP contribution in [0.15, 0.2) is 49.2 Å². The Bertz CT molecular complexity index is 1400. The lowest BCUT2D eigenvalue weighted by molar-refractivity contribution is -0.127. The van der Waals surface area contributed by atoms with E-state index >= 15 is 0 Å². The molecule has 1 saturated heterocycles. The molecule has 2 aliphatic heterocycles. The first-order valence-electron chi connectivity index (χ1n) is 12.4. The molecule has 3 aliphatic rings. The standard InChI is InChI=1S/C27H27N5O3S/c1-2-21(33)31-13-5-9-18(15-31)29-25(34)24-23-22-20(11-12-28-26(22)36-24)32(27(35)30-23)19-10-4-8-17(14-19)16-6-3-7-16/h2,4,8,10-12,14,16,18H,1,3,5-7,9,13,15H2,(H,29,34)(H,30,35)/t18-/m1/s1. The number of hydrogen-bond donors (Lipinski definition) is 2. The van der Waals surface area contributed by atoms with Crippen LogP contribution < -0.4 is 15.5 Å². The van der Waals surface area contributed by atoms with Crippen LogP contribution >= 0.6 is 11.3 Å². The smallest absolute Gasteiger partial charge is 0.331 e. The van der Waals surface area contributed by atoms with Crippen molar-refractivity contribution in [2.45, 2.75) is 44.1 Å². The number of hydrogen-bond acceptors (Lipinski definition) is 5. The SMILES string of the molecule is C=CC(=O)N1CCC[C@@H](NC(=O)c2sc3nccc4c3c2NC(=O)N4c2cccc(C3CCC3)c2)C1. The summed E-state index contributed by atoms with van der Waals surface area (Å²) < 4.78 is 0. The molecule has 1 atom stereocenters. The molecule has 2 fully saturated rings. The number of carbonyl (C=O) groups is 3. The Labute approximate surface area is 213 Å². The van der Waals surface area contributed by atoms with Crippen molar-refractivity contribution in [2.75, 3.05) is 23.3 Å². The van der Waals surface area contributed by atoms with Gasteiger partial charge in [-0.25, -0.2) is 9.78 Å². The Morgan fingerprint density at radius 2 is 2.06 bits per heavy atom. The lowest BCUT2D eigenvalue weighted by Crippen LogP contribution is -2.49. The topological polar surface area (TPSA) is 94.6 Å². The summed E-state index contributed by atoms with van der Waals surface area (Å²) in [7, 11) is 0. The number of piperidine rings is 1. The van der Waals surface area contributed by atoms with Crippen molar-refractivity contribution in [1.82, 2.24) is 15.2 Å². The van der Waals surface area contributed by atoms with Gasteiger partial charge in [0.15, 0.2) is 0 Å². The van der Waals surface area contributed by atoms with Crippen LogP contribution in [0.5, 0.6) is 0 Å². The highest BCUT2D eigenvalue weighted by atomic mass is 32.1. The highest BCUT2D eigenvalue weighted by molar-refractivity contribution is 7.21. The van der Waals surface area contributed by atoms with E-state index in [0.29, 0.717) is 34.4 Å². The number of urea groups is 1. The van der Waals surface area contributed by atoms with Gasteiger partial charge in [0.25, 0.3) is 5.91 Å². The average molecular weight is 502 g/mol. The molecular weight excluding hydrogens is 474 g/mol. The van der Waals surface area contributed by atoms with Crippen LogP contribution in [-0.2, 0) is 4.79 Å². The fraction of sp³-hybridized carbons (Fsp3) is 0.333. The molecule has 1 saturated carbocycles. The lowest BCUT2D eigenvalue weighted by atomic mass is 9.80. The van der Waals surface area contributed by atoms with Crippen molar-refractivity contribution < 1.29 is 14.4 Å². The Hall–Kier alpha value is -3.72. The molecule has 9 heteroatoms. The molecule has 8 nitrogen and oxygen atoms in total. The Morgan fingerprint density at radius 3 is 2.83 bits per heavy atom. The van der Waals surface area contributed by atoms with Gasteiger partial charge in [-0.1, -0.05) is 25.1 Å². The lowest BCUT2D eigenvalue weighted by Gasteiger charge is -2.32. The van der Waals surface area contributed by atoms with E-state index in [1.54, 1.807) is 16.0 Å². The van der Waals surface area contributed by atoms with Crippen LogP contribution in [0.25, 0.3) is 10.2 Å². The van der Waals surface area contributed by atoms with Crippen LogP contribution in [0.4, 0.5) is 21.9 Å². The van der Waals surface area contributed by atoms with Crippen LogP contribution in [0.2, 0.25) is 0 Å². The molecular formula is C27H27N5O3S. The molecule has 36 heavy (non-hydrogen) atoms. The van der Waals surface area contributed by atoms with E-state index in [1.807, 2.05) is 18.2 Å². The molecule has 1 aliphatic carbocycles. The van der Waals surface area contributed by atoms with E-state index in [0.717, 1.165) is 29.6 Å². The number of thiophene rings is 1. The van der Waals surface area contributed by atoms with Crippen molar-refractivity contribution >= 4 is 56.5 Å². The molecule has 0 radical (unpaired) electrons. The fourth-order valence-electron chi connectivity index (χ4n) is 5.34. The molecule has 1 aromatic carbocycles. The number of benzene rings is 1. The number of pyridine rings is 1. The van der Waals surface area contributed by atoms with Crippen LogP contribution in [-0.4, -0.2) is 46.9 Å². The average Bonchev–Trinajstić information content (AvgIpc) is 3.22. The molecule has 6 rings (SSSR count). The minimum Gasteiger partial charge on any atom is -0.347 e. The molecule has 2 aromatic heterocycles. The van der Waals surface area contributed by atoms with Crippen molar-refractivity contribution in [3.8, 4) is 0 Å². The van der Waals surface area contributed by atoms with Gasteiger partial charge >= 0.3 is 6.03 Å². The Kier molecular flexibility index (Phi) is 5.72. The number of aromatic nitrogens is 1. The van der Waals surface area contributed by atoms with Gasteiger partial charge in [-0.05, 0) is 61.4 Å². The highest BCUT2D eigenvalue weighted by Gasteiger charge is 2.34. The van der Waals surface area contributed by atoms with E-state index in [4.69, 9.17) is 0 Å². The third kappa shape index (κ3) is 3.83. The first-order valence-corrected chi connectivity index (χ1v) is 13.2. The van der Waals surface area contributed by atoms with Gasteiger partial charge in [-0.15, -0.1) is 11.3 Å². The number of rotatable bonds is 5. The van der Waals surface area contributed by atoms with Gasteiger partial charge in [-0.2, -0.15) is 0 Å². The molecule has 184 valence electrons. The highest BCUT2D eigenvalue weighted by Crippen LogP contribution is 2.46. The third-order valence-corrected chi connectivity index (χ3v) is 8.50. The normalized spacial score (nSPS) is 19.6. The number of nitrogens with one attached hydrogen (secondary N) is 2. The maximum atomic E-state index is 13.4. The van der Waals surface area contributed by atoms with E-state index in [9.17, 15) is 14.4 Å². The number of carbonyl (C=O) groups excluding carboxylic acids is 3. The summed E-state index contributed by atoms with van der Waals surface area (Å²) in [4.78, 5) is 47.8. The monoisotopic (exact) mass is 501 g/mol. The van der Waals surface area contributed by atoms with Crippen molar-refractivity contribution in [2.24, 2.45) is 0 Å². The summed E-state index contributed by atoms with van der Waals surface area (Å²) >= 11 is 1.27. The summed E-state index contributed by atoms with van der Waals surface area (Å²) in [5.41, 5.74) is 3.29. The predicted octanol–water partition coefficient (Wildman–Crippen LogP) is 5.15. The second-order valence-corrected chi connectivity index (χ2v) is 10.6. The van der Waals surface area contributed by atoms with Crippen molar-refractivity contribution in [3.63, 3.8) is 0 Å². The maximum Gasteiger partial charge on any atom is 0.331 e. The van der Waals surface area contributed by atoms with Gasteiger partial charge in [0.1, 0.15) is 9.71 Å².